The quantitative estimate of drug-likeness (QED) is 0.908. The number of carbonyl (C=O) groups is 1. The van der Waals surface area contributed by atoms with Crippen molar-refractivity contribution in [3.63, 3.8) is 0 Å². The Labute approximate surface area is 130 Å². The largest absolute Gasteiger partial charge is 0.388 e. The van der Waals surface area contributed by atoms with Gasteiger partial charge in [0.2, 0.25) is 5.91 Å². The molecule has 0 bridgehead atoms. The highest BCUT2D eigenvalue weighted by Gasteiger charge is 2.29. The summed E-state index contributed by atoms with van der Waals surface area (Å²) in [6, 6.07) is 14.1. The molecule has 2 aromatic carbocycles. The molecule has 0 radical (unpaired) electrons. The van der Waals surface area contributed by atoms with Crippen molar-refractivity contribution in [2.45, 2.75) is 24.9 Å². The maximum Gasteiger partial charge on any atom is 0.224 e. The van der Waals surface area contributed by atoms with Crippen molar-refractivity contribution in [3.8, 4) is 0 Å². The molecular formula is C18H21NO3. The third-order valence-corrected chi connectivity index (χ3v) is 4.22. The summed E-state index contributed by atoms with van der Waals surface area (Å²) in [5.74, 6) is -0.0600. The lowest BCUT2D eigenvalue weighted by Gasteiger charge is -2.32. The first-order valence-corrected chi connectivity index (χ1v) is 7.69. The highest BCUT2D eigenvalue weighted by molar-refractivity contribution is 5.85. The molecule has 1 aliphatic rings. The molecule has 116 valence electrons. The molecule has 2 aromatic rings. The third kappa shape index (κ3) is 3.64. The van der Waals surface area contributed by atoms with Gasteiger partial charge in [0.15, 0.2) is 0 Å². The standard InChI is InChI=1S/C18H21NO3/c20-17(19-13-18(21)7-9-22-10-8-18)12-14-5-6-15-3-1-2-4-16(15)11-14/h1-6,11,21H,7-10,12-13H2,(H,19,20). The van der Waals surface area contributed by atoms with Crippen molar-refractivity contribution in [2.24, 2.45) is 0 Å². The molecule has 1 saturated heterocycles. The summed E-state index contributed by atoms with van der Waals surface area (Å²) in [5, 5.41) is 15.5. The summed E-state index contributed by atoms with van der Waals surface area (Å²) in [7, 11) is 0. The molecule has 0 spiro atoms. The first-order chi connectivity index (χ1) is 10.6. The summed E-state index contributed by atoms with van der Waals surface area (Å²) >= 11 is 0. The molecule has 4 nitrogen and oxygen atoms in total. The summed E-state index contributed by atoms with van der Waals surface area (Å²) in [5.41, 5.74) is 0.160. The van der Waals surface area contributed by atoms with Gasteiger partial charge in [-0.1, -0.05) is 42.5 Å². The second-order valence-electron chi connectivity index (χ2n) is 5.97. The minimum absolute atomic E-state index is 0.0600. The Morgan fingerprint density at radius 1 is 1.14 bits per heavy atom. The summed E-state index contributed by atoms with van der Waals surface area (Å²) in [6.07, 6.45) is 1.48. The summed E-state index contributed by atoms with van der Waals surface area (Å²) in [4.78, 5) is 12.1. The molecule has 1 heterocycles. The Morgan fingerprint density at radius 3 is 2.64 bits per heavy atom. The van der Waals surface area contributed by atoms with Gasteiger partial charge in [-0.15, -0.1) is 0 Å². The highest BCUT2D eigenvalue weighted by atomic mass is 16.5. The van der Waals surface area contributed by atoms with Crippen LogP contribution >= 0.6 is 0 Å². The zero-order valence-corrected chi connectivity index (χ0v) is 12.5. The van der Waals surface area contributed by atoms with E-state index in [0.29, 0.717) is 39.0 Å². The van der Waals surface area contributed by atoms with Crippen molar-refractivity contribution < 1.29 is 14.6 Å². The number of amides is 1. The molecule has 22 heavy (non-hydrogen) atoms. The number of aliphatic hydroxyl groups is 1. The van der Waals surface area contributed by atoms with Crippen LogP contribution in [0.15, 0.2) is 42.5 Å². The van der Waals surface area contributed by atoms with E-state index in [-0.39, 0.29) is 5.91 Å². The van der Waals surface area contributed by atoms with E-state index in [1.807, 2.05) is 36.4 Å². The van der Waals surface area contributed by atoms with Crippen LogP contribution in [0, 0.1) is 0 Å². The van der Waals surface area contributed by atoms with Crippen molar-refractivity contribution in [1.82, 2.24) is 5.32 Å². The molecule has 0 unspecified atom stereocenters. The van der Waals surface area contributed by atoms with Gasteiger partial charge in [-0.25, -0.2) is 0 Å². The van der Waals surface area contributed by atoms with Gasteiger partial charge >= 0.3 is 0 Å². The Balaban J connectivity index is 1.58. The number of hydrogen-bond acceptors (Lipinski definition) is 3. The molecule has 0 aliphatic carbocycles. The molecular weight excluding hydrogens is 278 g/mol. The molecule has 3 rings (SSSR count). The van der Waals surface area contributed by atoms with Crippen LogP contribution in [0.2, 0.25) is 0 Å². The number of nitrogens with one attached hydrogen (secondary N) is 1. The first-order valence-electron chi connectivity index (χ1n) is 7.69. The van der Waals surface area contributed by atoms with Crippen LogP contribution in [0.25, 0.3) is 10.8 Å². The normalized spacial score (nSPS) is 17.3. The molecule has 0 saturated carbocycles. The zero-order valence-electron chi connectivity index (χ0n) is 12.5. The Morgan fingerprint density at radius 2 is 1.86 bits per heavy atom. The maximum atomic E-state index is 12.1. The van der Waals surface area contributed by atoms with Crippen molar-refractivity contribution in [2.75, 3.05) is 19.8 Å². The average molecular weight is 299 g/mol. The minimum atomic E-state index is -0.822. The second kappa shape index (κ2) is 6.46. The van der Waals surface area contributed by atoms with Crippen LogP contribution in [0.1, 0.15) is 18.4 Å². The van der Waals surface area contributed by atoms with Gasteiger partial charge in [0.25, 0.3) is 0 Å². The van der Waals surface area contributed by atoms with Crippen molar-refractivity contribution >= 4 is 16.7 Å². The van der Waals surface area contributed by atoms with Gasteiger partial charge in [-0.2, -0.15) is 0 Å². The maximum absolute atomic E-state index is 12.1. The molecule has 0 atom stereocenters. The fraction of sp³-hybridized carbons (Fsp3) is 0.389. The molecule has 2 N–H and O–H groups in total. The van der Waals surface area contributed by atoms with E-state index in [1.165, 1.54) is 5.39 Å². The zero-order chi connectivity index (χ0) is 15.4. The van der Waals surface area contributed by atoms with Crippen LogP contribution in [-0.2, 0) is 16.0 Å². The van der Waals surface area contributed by atoms with Gasteiger partial charge in [0, 0.05) is 32.6 Å². The summed E-state index contributed by atoms with van der Waals surface area (Å²) in [6.45, 7) is 1.40. The fourth-order valence-electron chi connectivity index (χ4n) is 2.79. The van der Waals surface area contributed by atoms with Crippen LogP contribution in [0.4, 0.5) is 0 Å². The lowest BCUT2D eigenvalue weighted by Crippen LogP contribution is -2.46. The SMILES string of the molecule is O=C(Cc1ccc2ccccc2c1)NCC1(O)CCOCC1. The highest BCUT2D eigenvalue weighted by Crippen LogP contribution is 2.19. The lowest BCUT2D eigenvalue weighted by molar-refractivity contribution is -0.123. The number of fused-ring (bicyclic) bond motifs is 1. The van der Waals surface area contributed by atoms with E-state index >= 15 is 0 Å². The van der Waals surface area contributed by atoms with Crippen molar-refractivity contribution in [3.05, 3.63) is 48.0 Å². The average Bonchev–Trinajstić information content (AvgIpc) is 2.54. The van der Waals surface area contributed by atoms with Gasteiger partial charge in [-0.05, 0) is 16.3 Å². The third-order valence-electron chi connectivity index (χ3n) is 4.22. The van der Waals surface area contributed by atoms with E-state index < -0.39 is 5.60 Å². The van der Waals surface area contributed by atoms with E-state index in [0.717, 1.165) is 10.9 Å². The Hall–Kier alpha value is -1.91. The van der Waals surface area contributed by atoms with E-state index in [1.54, 1.807) is 0 Å². The predicted molar refractivity (Wildman–Crippen MR) is 85.7 cm³/mol. The number of carbonyl (C=O) groups excluding carboxylic acids is 1. The van der Waals surface area contributed by atoms with Crippen LogP contribution < -0.4 is 5.32 Å². The fourth-order valence-corrected chi connectivity index (χ4v) is 2.79. The Kier molecular flexibility index (Phi) is 4.41. The number of rotatable bonds is 4. The van der Waals surface area contributed by atoms with Crippen LogP contribution in [0.3, 0.4) is 0 Å². The van der Waals surface area contributed by atoms with Crippen LogP contribution in [0.5, 0.6) is 0 Å². The van der Waals surface area contributed by atoms with E-state index in [9.17, 15) is 9.90 Å². The van der Waals surface area contributed by atoms with Gasteiger partial charge in [0.05, 0.1) is 12.0 Å². The van der Waals surface area contributed by atoms with Crippen LogP contribution in [-0.4, -0.2) is 36.4 Å². The first kappa shape index (κ1) is 15.0. The van der Waals surface area contributed by atoms with Gasteiger partial charge < -0.3 is 15.2 Å². The number of benzene rings is 2. The van der Waals surface area contributed by atoms with E-state index in [2.05, 4.69) is 11.4 Å². The van der Waals surface area contributed by atoms with Gasteiger partial charge in [-0.3, -0.25) is 4.79 Å². The molecule has 1 amide bonds. The molecule has 1 aliphatic heterocycles. The monoisotopic (exact) mass is 299 g/mol. The predicted octanol–water partition coefficient (Wildman–Crippen LogP) is 2.04. The molecule has 1 fully saturated rings. The molecule has 0 aromatic heterocycles. The smallest absolute Gasteiger partial charge is 0.224 e. The Bertz CT molecular complexity index is 662. The van der Waals surface area contributed by atoms with Crippen molar-refractivity contribution in [1.29, 1.82) is 0 Å². The molecule has 4 heteroatoms. The van der Waals surface area contributed by atoms with E-state index in [4.69, 9.17) is 4.74 Å². The lowest BCUT2D eigenvalue weighted by atomic mass is 9.94. The van der Waals surface area contributed by atoms with Gasteiger partial charge in [0.1, 0.15) is 0 Å². The minimum Gasteiger partial charge on any atom is -0.388 e. The number of ether oxygens (including phenoxy) is 1. The topological polar surface area (TPSA) is 58.6 Å². The number of hydrogen-bond donors (Lipinski definition) is 2. The second-order valence-corrected chi connectivity index (χ2v) is 5.97. The summed E-state index contributed by atoms with van der Waals surface area (Å²) < 4.78 is 5.24.